The van der Waals surface area contributed by atoms with Crippen molar-refractivity contribution in [3.8, 4) is 0 Å². The minimum atomic E-state index is -0.521. The molecule has 1 fully saturated rings. The summed E-state index contributed by atoms with van der Waals surface area (Å²) in [5.74, 6) is 2.27. The van der Waals surface area contributed by atoms with Gasteiger partial charge in [-0.2, -0.15) is 11.8 Å². The molecule has 6 heteroatoms. The second-order valence-electron chi connectivity index (χ2n) is 3.57. The SMILES string of the molecule is NC(=O)c1ccc(N)c(N2CCSCC2)n1. The molecule has 0 aromatic carbocycles. The summed E-state index contributed by atoms with van der Waals surface area (Å²) >= 11 is 1.91. The minimum absolute atomic E-state index is 0.266. The number of pyridine rings is 1. The van der Waals surface area contributed by atoms with E-state index >= 15 is 0 Å². The summed E-state index contributed by atoms with van der Waals surface area (Å²) in [5.41, 5.74) is 11.9. The van der Waals surface area contributed by atoms with Crippen LogP contribution in [0.3, 0.4) is 0 Å². The van der Waals surface area contributed by atoms with Gasteiger partial charge in [0.25, 0.3) is 5.91 Å². The van der Waals surface area contributed by atoms with Crippen LogP contribution < -0.4 is 16.4 Å². The molecule has 0 bridgehead atoms. The highest BCUT2D eigenvalue weighted by molar-refractivity contribution is 7.99. The van der Waals surface area contributed by atoms with Crippen molar-refractivity contribution in [2.75, 3.05) is 35.2 Å². The fraction of sp³-hybridized carbons (Fsp3) is 0.400. The lowest BCUT2D eigenvalue weighted by Gasteiger charge is -2.28. The Morgan fingerprint density at radius 2 is 2.06 bits per heavy atom. The Bertz CT molecular complexity index is 404. The first-order chi connectivity index (χ1) is 7.68. The molecule has 86 valence electrons. The van der Waals surface area contributed by atoms with E-state index in [0.717, 1.165) is 24.6 Å². The van der Waals surface area contributed by atoms with E-state index < -0.39 is 5.91 Å². The predicted molar refractivity (Wildman–Crippen MR) is 66.7 cm³/mol. The number of primary amides is 1. The quantitative estimate of drug-likeness (QED) is 0.775. The third kappa shape index (κ3) is 2.21. The van der Waals surface area contributed by atoms with Crippen LogP contribution in [0.2, 0.25) is 0 Å². The van der Waals surface area contributed by atoms with Gasteiger partial charge in [0.1, 0.15) is 5.69 Å². The zero-order chi connectivity index (χ0) is 11.5. The summed E-state index contributed by atoms with van der Waals surface area (Å²) < 4.78 is 0. The molecule has 0 unspecified atom stereocenters. The van der Waals surface area contributed by atoms with Gasteiger partial charge in [-0.25, -0.2) is 4.98 Å². The molecule has 0 spiro atoms. The van der Waals surface area contributed by atoms with E-state index in [0.29, 0.717) is 11.5 Å². The van der Waals surface area contributed by atoms with Crippen molar-refractivity contribution < 1.29 is 4.79 Å². The summed E-state index contributed by atoms with van der Waals surface area (Å²) in [4.78, 5) is 17.4. The Morgan fingerprint density at radius 3 is 2.69 bits per heavy atom. The Kier molecular flexibility index (Phi) is 3.19. The molecule has 0 atom stereocenters. The average molecular weight is 238 g/mol. The van der Waals surface area contributed by atoms with E-state index in [1.54, 1.807) is 12.1 Å². The Balaban J connectivity index is 2.30. The number of nitrogen functional groups attached to an aromatic ring is 1. The number of hydrogen-bond acceptors (Lipinski definition) is 5. The number of carbonyl (C=O) groups excluding carboxylic acids is 1. The molecule has 1 amide bonds. The maximum atomic E-state index is 11.0. The lowest BCUT2D eigenvalue weighted by atomic mass is 10.3. The van der Waals surface area contributed by atoms with Gasteiger partial charge in [0.05, 0.1) is 5.69 Å². The van der Waals surface area contributed by atoms with E-state index in [2.05, 4.69) is 9.88 Å². The fourth-order valence-electron chi connectivity index (χ4n) is 1.62. The van der Waals surface area contributed by atoms with Gasteiger partial charge in [-0.1, -0.05) is 0 Å². The summed E-state index contributed by atoms with van der Waals surface area (Å²) in [6, 6.07) is 3.24. The topological polar surface area (TPSA) is 85.2 Å². The summed E-state index contributed by atoms with van der Waals surface area (Å²) in [7, 11) is 0. The first kappa shape index (κ1) is 11.1. The van der Waals surface area contributed by atoms with Crippen LogP contribution in [0, 0.1) is 0 Å². The van der Waals surface area contributed by atoms with Gasteiger partial charge in [-0.05, 0) is 12.1 Å². The number of rotatable bonds is 2. The number of thioether (sulfide) groups is 1. The average Bonchev–Trinajstić information content (AvgIpc) is 2.30. The molecule has 16 heavy (non-hydrogen) atoms. The highest BCUT2D eigenvalue weighted by Crippen LogP contribution is 2.23. The highest BCUT2D eigenvalue weighted by atomic mass is 32.2. The Labute approximate surface area is 98.2 Å². The molecular weight excluding hydrogens is 224 g/mol. The third-order valence-corrected chi connectivity index (χ3v) is 3.41. The van der Waals surface area contributed by atoms with Crippen molar-refractivity contribution in [2.45, 2.75) is 0 Å². The van der Waals surface area contributed by atoms with Crippen molar-refractivity contribution in [3.05, 3.63) is 17.8 Å². The van der Waals surface area contributed by atoms with Crippen LogP contribution in [0.1, 0.15) is 10.5 Å². The third-order valence-electron chi connectivity index (χ3n) is 2.47. The number of nitrogens with zero attached hydrogens (tertiary/aromatic N) is 2. The molecule has 1 aliphatic heterocycles. The summed E-state index contributed by atoms with van der Waals surface area (Å²) in [5, 5.41) is 0. The zero-order valence-corrected chi connectivity index (χ0v) is 9.67. The second kappa shape index (κ2) is 4.61. The Morgan fingerprint density at radius 1 is 1.38 bits per heavy atom. The molecule has 0 aliphatic carbocycles. The molecular formula is C10H14N4OS. The van der Waals surface area contributed by atoms with Crippen molar-refractivity contribution >= 4 is 29.2 Å². The number of anilines is 2. The standard InChI is InChI=1S/C10H14N4OS/c11-7-1-2-8(9(12)15)13-10(7)14-3-5-16-6-4-14/h1-2H,3-6,11H2,(H2,12,15). The maximum Gasteiger partial charge on any atom is 0.267 e. The van der Waals surface area contributed by atoms with E-state index in [9.17, 15) is 4.79 Å². The second-order valence-corrected chi connectivity index (χ2v) is 4.80. The number of carbonyl (C=O) groups is 1. The maximum absolute atomic E-state index is 11.0. The number of amides is 1. The number of nitrogens with two attached hydrogens (primary N) is 2. The molecule has 1 aliphatic rings. The smallest absolute Gasteiger partial charge is 0.267 e. The van der Waals surface area contributed by atoms with E-state index in [1.807, 2.05) is 11.8 Å². The lowest BCUT2D eigenvalue weighted by Crippen LogP contribution is -2.34. The van der Waals surface area contributed by atoms with Crippen molar-refractivity contribution in [3.63, 3.8) is 0 Å². The van der Waals surface area contributed by atoms with Crippen LogP contribution in [0.4, 0.5) is 11.5 Å². The predicted octanol–water partition coefficient (Wildman–Crippen LogP) is 0.316. The fourth-order valence-corrected chi connectivity index (χ4v) is 2.53. The molecule has 0 radical (unpaired) electrons. The van der Waals surface area contributed by atoms with Crippen LogP contribution in [0.25, 0.3) is 0 Å². The lowest BCUT2D eigenvalue weighted by molar-refractivity contribution is 0.0995. The van der Waals surface area contributed by atoms with Crippen molar-refractivity contribution in [2.24, 2.45) is 5.73 Å². The van der Waals surface area contributed by atoms with E-state index in [1.165, 1.54) is 0 Å². The molecule has 2 heterocycles. The van der Waals surface area contributed by atoms with E-state index in [-0.39, 0.29) is 5.69 Å². The normalized spacial score (nSPS) is 16.1. The molecule has 5 nitrogen and oxygen atoms in total. The van der Waals surface area contributed by atoms with Crippen LogP contribution in [0.15, 0.2) is 12.1 Å². The first-order valence-corrected chi connectivity index (χ1v) is 6.23. The van der Waals surface area contributed by atoms with Crippen LogP contribution in [0.5, 0.6) is 0 Å². The minimum Gasteiger partial charge on any atom is -0.396 e. The van der Waals surface area contributed by atoms with Gasteiger partial charge in [0.2, 0.25) is 0 Å². The number of aromatic nitrogens is 1. The van der Waals surface area contributed by atoms with Crippen molar-refractivity contribution in [1.29, 1.82) is 0 Å². The zero-order valence-electron chi connectivity index (χ0n) is 8.85. The van der Waals surface area contributed by atoms with Crippen LogP contribution in [-0.2, 0) is 0 Å². The first-order valence-electron chi connectivity index (χ1n) is 5.07. The Hall–Kier alpha value is -1.43. The molecule has 1 aromatic heterocycles. The van der Waals surface area contributed by atoms with Gasteiger partial charge in [-0.15, -0.1) is 0 Å². The monoisotopic (exact) mass is 238 g/mol. The van der Waals surface area contributed by atoms with Crippen LogP contribution >= 0.6 is 11.8 Å². The molecule has 1 saturated heterocycles. The van der Waals surface area contributed by atoms with Gasteiger partial charge < -0.3 is 16.4 Å². The molecule has 2 rings (SSSR count). The van der Waals surface area contributed by atoms with Crippen molar-refractivity contribution in [1.82, 2.24) is 4.98 Å². The number of hydrogen-bond donors (Lipinski definition) is 2. The molecule has 1 aromatic rings. The van der Waals surface area contributed by atoms with Crippen LogP contribution in [-0.4, -0.2) is 35.5 Å². The molecule has 0 saturated carbocycles. The van der Waals surface area contributed by atoms with Gasteiger partial charge >= 0.3 is 0 Å². The summed E-state index contributed by atoms with van der Waals surface area (Å²) in [6.45, 7) is 1.81. The largest absolute Gasteiger partial charge is 0.396 e. The highest BCUT2D eigenvalue weighted by Gasteiger charge is 2.16. The van der Waals surface area contributed by atoms with Gasteiger partial charge in [-0.3, -0.25) is 4.79 Å². The van der Waals surface area contributed by atoms with E-state index in [4.69, 9.17) is 11.5 Å². The van der Waals surface area contributed by atoms with Gasteiger partial charge in [0, 0.05) is 24.6 Å². The molecule has 4 N–H and O–H groups in total. The summed E-state index contributed by atoms with van der Waals surface area (Å²) in [6.07, 6.45) is 0. The van der Waals surface area contributed by atoms with Gasteiger partial charge in [0.15, 0.2) is 5.82 Å².